The van der Waals surface area contributed by atoms with Gasteiger partial charge < -0.3 is 10.2 Å². The van der Waals surface area contributed by atoms with Gasteiger partial charge in [0.15, 0.2) is 5.82 Å². The van der Waals surface area contributed by atoms with Crippen LogP contribution < -0.4 is 5.32 Å². The van der Waals surface area contributed by atoms with Gasteiger partial charge in [0.1, 0.15) is 11.5 Å². The fourth-order valence-electron chi connectivity index (χ4n) is 3.33. The molecular formula is C21H22N6O. The first kappa shape index (κ1) is 18.0. The highest BCUT2D eigenvalue weighted by atomic mass is 16.2. The first-order valence-corrected chi connectivity index (χ1v) is 9.33. The van der Waals surface area contributed by atoms with E-state index < -0.39 is 0 Å². The molecule has 3 aromatic rings. The van der Waals surface area contributed by atoms with Crippen molar-refractivity contribution in [1.29, 1.82) is 0 Å². The number of pyridine rings is 2. The van der Waals surface area contributed by atoms with E-state index in [2.05, 4.69) is 15.3 Å². The highest BCUT2D eigenvalue weighted by Crippen LogP contribution is 2.27. The molecule has 0 unspecified atom stereocenters. The maximum absolute atomic E-state index is 11.8. The van der Waals surface area contributed by atoms with Gasteiger partial charge in [-0.05, 0) is 37.1 Å². The van der Waals surface area contributed by atoms with E-state index in [0.29, 0.717) is 31.2 Å². The molecule has 1 amide bonds. The van der Waals surface area contributed by atoms with Gasteiger partial charge >= 0.3 is 0 Å². The van der Waals surface area contributed by atoms with Crippen LogP contribution in [0.1, 0.15) is 29.4 Å². The van der Waals surface area contributed by atoms with E-state index in [1.165, 1.54) is 0 Å². The standard InChI is InChI=1S/C21H22N6O/c1-14-6-5-10-23-18(14)12-24-20-16-8-11-27(15(2)28)13-19(16)25-21(26-20)17-7-3-4-9-22-17/h3-7,9-10H,8,11-13H2,1-2H3,(H,24,25,26). The number of nitrogens with one attached hydrogen (secondary N) is 1. The zero-order valence-electron chi connectivity index (χ0n) is 16.0. The summed E-state index contributed by atoms with van der Waals surface area (Å²) in [5.74, 6) is 1.41. The molecule has 0 atom stereocenters. The lowest BCUT2D eigenvalue weighted by Gasteiger charge is -2.28. The van der Waals surface area contributed by atoms with E-state index in [-0.39, 0.29) is 5.91 Å². The first-order valence-electron chi connectivity index (χ1n) is 9.33. The molecule has 4 rings (SSSR count). The molecule has 0 spiro atoms. The van der Waals surface area contributed by atoms with E-state index in [0.717, 1.165) is 34.8 Å². The van der Waals surface area contributed by atoms with E-state index >= 15 is 0 Å². The average Bonchev–Trinajstić information content (AvgIpc) is 2.73. The van der Waals surface area contributed by atoms with Gasteiger partial charge in [-0.3, -0.25) is 14.8 Å². The molecule has 1 aliphatic rings. The van der Waals surface area contributed by atoms with Crippen molar-refractivity contribution >= 4 is 11.7 Å². The summed E-state index contributed by atoms with van der Waals surface area (Å²) in [5, 5.41) is 3.44. The predicted molar refractivity (Wildman–Crippen MR) is 106 cm³/mol. The maximum Gasteiger partial charge on any atom is 0.219 e. The number of anilines is 1. The van der Waals surface area contributed by atoms with E-state index in [4.69, 9.17) is 9.97 Å². The fraction of sp³-hybridized carbons (Fsp3) is 0.286. The van der Waals surface area contributed by atoms with Gasteiger partial charge in [-0.15, -0.1) is 0 Å². The average molecular weight is 374 g/mol. The molecule has 0 saturated heterocycles. The summed E-state index contributed by atoms with van der Waals surface area (Å²) in [6.07, 6.45) is 4.24. The number of fused-ring (bicyclic) bond motifs is 1. The Labute approximate surface area is 163 Å². The van der Waals surface area contributed by atoms with Crippen LogP contribution in [0, 0.1) is 6.92 Å². The third kappa shape index (κ3) is 3.69. The number of hydrogen-bond acceptors (Lipinski definition) is 6. The number of amides is 1. The SMILES string of the molecule is CC(=O)N1CCc2c(nc(-c3ccccn3)nc2NCc2ncccc2C)C1. The van der Waals surface area contributed by atoms with Gasteiger partial charge in [0.05, 0.1) is 24.5 Å². The van der Waals surface area contributed by atoms with Crippen molar-refractivity contribution in [2.45, 2.75) is 33.4 Å². The number of rotatable bonds is 4. The van der Waals surface area contributed by atoms with Crippen molar-refractivity contribution in [2.24, 2.45) is 0 Å². The molecule has 0 radical (unpaired) electrons. The molecule has 142 valence electrons. The molecule has 1 aliphatic heterocycles. The Hall–Kier alpha value is -3.35. The van der Waals surface area contributed by atoms with Crippen LogP contribution in [-0.2, 0) is 24.3 Å². The summed E-state index contributed by atoms with van der Waals surface area (Å²) < 4.78 is 0. The third-order valence-corrected chi connectivity index (χ3v) is 4.95. The Morgan fingerprint density at radius 1 is 1.14 bits per heavy atom. The second-order valence-electron chi connectivity index (χ2n) is 6.85. The van der Waals surface area contributed by atoms with Gasteiger partial charge in [0.25, 0.3) is 0 Å². The van der Waals surface area contributed by atoms with Crippen LogP contribution in [0.2, 0.25) is 0 Å². The van der Waals surface area contributed by atoms with Crippen LogP contribution in [-0.4, -0.2) is 37.3 Å². The normalized spacial score (nSPS) is 13.1. The molecule has 0 saturated carbocycles. The van der Waals surface area contributed by atoms with E-state index in [1.807, 2.05) is 42.2 Å². The number of aromatic nitrogens is 4. The van der Waals surface area contributed by atoms with E-state index in [1.54, 1.807) is 19.3 Å². The molecule has 1 N–H and O–H groups in total. The van der Waals surface area contributed by atoms with Crippen LogP contribution in [0.5, 0.6) is 0 Å². The van der Waals surface area contributed by atoms with Crippen LogP contribution in [0.15, 0.2) is 42.7 Å². The van der Waals surface area contributed by atoms with Gasteiger partial charge in [0, 0.05) is 31.4 Å². The van der Waals surface area contributed by atoms with Crippen molar-refractivity contribution < 1.29 is 4.79 Å². The monoisotopic (exact) mass is 374 g/mol. The molecule has 0 fully saturated rings. The van der Waals surface area contributed by atoms with E-state index in [9.17, 15) is 4.79 Å². The lowest BCUT2D eigenvalue weighted by molar-refractivity contribution is -0.129. The van der Waals surface area contributed by atoms with Crippen LogP contribution in [0.25, 0.3) is 11.5 Å². The van der Waals surface area contributed by atoms with Crippen LogP contribution in [0.3, 0.4) is 0 Å². The van der Waals surface area contributed by atoms with Crippen molar-refractivity contribution in [3.05, 3.63) is 65.2 Å². The third-order valence-electron chi connectivity index (χ3n) is 4.95. The summed E-state index contributed by atoms with van der Waals surface area (Å²) in [5.41, 5.74) is 4.76. The van der Waals surface area contributed by atoms with Crippen molar-refractivity contribution in [2.75, 3.05) is 11.9 Å². The summed E-state index contributed by atoms with van der Waals surface area (Å²) in [7, 11) is 0. The molecule has 0 aromatic carbocycles. The quantitative estimate of drug-likeness (QED) is 0.756. The number of carbonyl (C=O) groups excluding carboxylic acids is 1. The largest absolute Gasteiger partial charge is 0.364 e. The number of carbonyl (C=O) groups is 1. The summed E-state index contributed by atoms with van der Waals surface area (Å²) in [6, 6.07) is 9.64. The lowest BCUT2D eigenvalue weighted by atomic mass is 10.0. The molecule has 0 bridgehead atoms. The van der Waals surface area contributed by atoms with Gasteiger partial charge in [0.2, 0.25) is 5.91 Å². The molecule has 3 aromatic heterocycles. The Kier molecular flexibility index (Phi) is 4.97. The number of aryl methyl sites for hydroxylation is 1. The highest BCUT2D eigenvalue weighted by molar-refractivity contribution is 5.74. The number of hydrogen-bond donors (Lipinski definition) is 1. The second kappa shape index (κ2) is 7.72. The molecule has 28 heavy (non-hydrogen) atoms. The summed E-state index contributed by atoms with van der Waals surface area (Å²) >= 11 is 0. The second-order valence-corrected chi connectivity index (χ2v) is 6.85. The minimum atomic E-state index is 0.0577. The Morgan fingerprint density at radius 3 is 2.75 bits per heavy atom. The first-order chi connectivity index (χ1) is 13.6. The molecule has 7 nitrogen and oxygen atoms in total. The molecule has 7 heteroatoms. The number of nitrogens with zero attached hydrogens (tertiary/aromatic N) is 5. The smallest absolute Gasteiger partial charge is 0.219 e. The van der Waals surface area contributed by atoms with Crippen LogP contribution in [0.4, 0.5) is 5.82 Å². The van der Waals surface area contributed by atoms with Crippen molar-refractivity contribution in [3.63, 3.8) is 0 Å². The van der Waals surface area contributed by atoms with Crippen LogP contribution >= 0.6 is 0 Å². The van der Waals surface area contributed by atoms with Crippen molar-refractivity contribution in [1.82, 2.24) is 24.8 Å². The topological polar surface area (TPSA) is 83.9 Å². The minimum Gasteiger partial charge on any atom is -0.364 e. The molecule has 0 aliphatic carbocycles. The molecule has 4 heterocycles. The Morgan fingerprint density at radius 2 is 2.00 bits per heavy atom. The zero-order chi connectivity index (χ0) is 19.5. The van der Waals surface area contributed by atoms with Gasteiger partial charge in [-0.25, -0.2) is 9.97 Å². The summed E-state index contributed by atoms with van der Waals surface area (Å²) in [4.78, 5) is 32.0. The minimum absolute atomic E-state index is 0.0577. The van der Waals surface area contributed by atoms with Gasteiger partial charge in [-0.1, -0.05) is 12.1 Å². The summed E-state index contributed by atoms with van der Waals surface area (Å²) in [6.45, 7) is 5.38. The fourth-order valence-corrected chi connectivity index (χ4v) is 3.33. The zero-order valence-corrected chi connectivity index (χ0v) is 16.0. The predicted octanol–water partition coefficient (Wildman–Crippen LogP) is 2.76. The highest BCUT2D eigenvalue weighted by Gasteiger charge is 2.24. The Bertz CT molecular complexity index is 1010. The van der Waals surface area contributed by atoms with Gasteiger partial charge in [-0.2, -0.15) is 0 Å². The van der Waals surface area contributed by atoms with Crippen molar-refractivity contribution in [3.8, 4) is 11.5 Å². The maximum atomic E-state index is 11.8. The lowest BCUT2D eigenvalue weighted by Crippen LogP contribution is -2.35. The Balaban J connectivity index is 1.71. The molecular weight excluding hydrogens is 352 g/mol.